The number of rotatable bonds is 4. The minimum Gasteiger partial charge on any atom is -0.353 e. The molecule has 4 heterocycles. The van der Waals surface area contributed by atoms with E-state index >= 15 is 0 Å². The maximum atomic E-state index is 12.5. The molecule has 11 heteroatoms. The van der Waals surface area contributed by atoms with Gasteiger partial charge in [-0.2, -0.15) is 0 Å². The van der Waals surface area contributed by atoms with Gasteiger partial charge in [0.2, 0.25) is 5.91 Å². The summed E-state index contributed by atoms with van der Waals surface area (Å²) >= 11 is 7.61. The van der Waals surface area contributed by atoms with Gasteiger partial charge in [0.15, 0.2) is 10.1 Å². The predicted octanol–water partition coefficient (Wildman–Crippen LogP) is 2.71. The lowest BCUT2D eigenvalue weighted by Gasteiger charge is -2.34. The summed E-state index contributed by atoms with van der Waals surface area (Å²) in [7, 11) is 0. The third-order valence-corrected chi connectivity index (χ3v) is 5.53. The van der Waals surface area contributed by atoms with Crippen LogP contribution in [0.1, 0.15) is 5.69 Å². The zero-order valence-electron chi connectivity index (χ0n) is 14.6. The van der Waals surface area contributed by atoms with E-state index < -0.39 is 4.92 Å². The third-order valence-electron chi connectivity index (χ3n) is 4.50. The molecular weight excluding hydrogens is 404 g/mol. The molecule has 3 aromatic rings. The Balaban J connectivity index is 1.38. The number of carbonyl (C=O) groups excluding carboxylic acids is 1. The number of hydrogen-bond donors (Lipinski definition) is 0. The van der Waals surface area contributed by atoms with Gasteiger partial charge in [0.1, 0.15) is 12.0 Å². The fourth-order valence-electron chi connectivity index (χ4n) is 3.01. The van der Waals surface area contributed by atoms with Crippen molar-refractivity contribution in [1.29, 1.82) is 0 Å². The van der Waals surface area contributed by atoms with Crippen molar-refractivity contribution in [3.8, 4) is 0 Å². The Labute approximate surface area is 168 Å². The number of hydrogen-bond acceptors (Lipinski definition) is 7. The SMILES string of the molecule is O=C(/C=C/c1c(Cl)nc2sccn12)N1CCN(c2ccc([N+](=O)[O-])cn2)CC1. The second-order valence-corrected chi connectivity index (χ2v) is 7.35. The van der Waals surface area contributed by atoms with Crippen LogP contribution in [-0.2, 0) is 4.79 Å². The first-order valence-electron chi connectivity index (χ1n) is 8.46. The van der Waals surface area contributed by atoms with Crippen LogP contribution < -0.4 is 4.90 Å². The summed E-state index contributed by atoms with van der Waals surface area (Å²) < 4.78 is 1.84. The summed E-state index contributed by atoms with van der Waals surface area (Å²) in [6.45, 7) is 2.28. The van der Waals surface area contributed by atoms with Crippen LogP contribution >= 0.6 is 22.9 Å². The van der Waals surface area contributed by atoms with Gasteiger partial charge in [-0.3, -0.25) is 19.3 Å². The van der Waals surface area contributed by atoms with Crippen LogP contribution in [0.25, 0.3) is 11.0 Å². The zero-order chi connectivity index (χ0) is 19.7. The monoisotopic (exact) mass is 418 g/mol. The molecule has 4 rings (SSSR count). The molecule has 9 nitrogen and oxygen atoms in total. The van der Waals surface area contributed by atoms with Crippen molar-refractivity contribution in [2.45, 2.75) is 0 Å². The average Bonchev–Trinajstić information content (AvgIpc) is 3.27. The highest BCUT2D eigenvalue weighted by Crippen LogP contribution is 2.22. The van der Waals surface area contributed by atoms with Gasteiger partial charge in [0, 0.05) is 49.9 Å². The molecule has 1 fully saturated rings. The van der Waals surface area contributed by atoms with E-state index in [9.17, 15) is 14.9 Å². The number of aromatic nitrogens is 3. The van der Waals surface area contributed by atoms with E-state index in [-0.39, 0.29) is 11.6 Å². The Kier molecular flexibility index (Phi) is 4.97. The Hall–Kier alpha value is -2.98. The fourth-order valence-corrected chi connectivity index (χ4v) is 4.02. The van der Waals surface area contributed by atoms with Crippen LogP contribution in [0.2, 0.25) is 5.15 Å². The molecule has 0 N–H and O–H groups in total. The van der Waals surface area contributed by atoms with Crippen molar-refractivity contribution in [3.63, 3.8) is 0 Å². The third kappa shape index (κ3) is 3.56. The number of pyridine rings is 1. The van der Waals surface area contributed by atoms with Gasteiger partial charge in [0.25, 0.3) is 5.69 Å². The molecule has 0 unspecified atom stereocenters. The molecule has 1 aliphatic rings. The minimum atomic E-state index is -0.476. The molecule has 0 aliphatic carbocycles. The number of carbonyl (C=O) groups is 1. The number of nitro groups is 1. The van der Waals surface area contributed by atoms with Crippen LogP contribution in [0.4, 0.5) is 11.5 Å². The Morgan fingerprint density at radius 1 is 1.29 bits per heavy atom. The number of anilines is 1. The van der Waals surface area contributed by atoms with E-state index in [1.54, 1.807) is 17.0 Å². The zero-order valence-corrected chi connectivity index (χ0v) is 16.1. The number of thiazole rings is 1. The van der Waals surface area contributed by atoms with E-state index in [0.29, 0.717) is 42.8 Å². The highest BCUT2D eigenvalue weighted by molar-refractivity contribution is 7.15. The van der Waals surface area contributed by atoms with E-state index in [4.69, 9.17) is 11.6 Å². The van der Waals surface area contributed by atoms with Crippen molar-refractivity contribution in [2.75, 3.05) is 31.1 Å². The van der Waals surface area contributed by atoms with E-state index in [1.807, 2.05) is 20.9 Å². The second kappa shape index (κ2) is 7.56. The first-order valence-corrected chi connectivity index (χ1v) is 9.72. The Bertz CT molecular complexity index is 1050. The molecule has 144 valence electrons. The van der Waals surface area contributed by atoms with Gasteiger partial charge in [0.05, 0.1) is 10.6 Å². The molecule has 1 saturated heterocycles. The molecule has 0 radical (unpaired) electrons. The molecule has 1 aliphatic heterocycles. The van der Waals surface area contributed by atoms with Gasteiger partial charge >= 0.3 is 0 Å². The summed E-state index contributed by atoms with van der Waals surface area (Å²) in [5, 5.41) is 13.0. The summed E-state index contributed by atoms with van der Waals surface area (Å²) in [6.07, 6.45) is 6.30. The molecule has 28 heavy (non-hydrogen) atoms. The molecule has 0 bridgehead atoms. The highest BCUT2D eigenvalue weighted by Gasteiger charge is 2.21. The van der Waals surface area contributed by atoms with Crippen LogP contribution in [0, 0.1) is 10.1 Å². The van der Waals surface area contributed by atoms with Gasteiger partial charge in [-0.05, 0) is 12.1 Å². The predicted molar refractivity (Wildman–Crippen MR) is 107 cm³/mol. The van der Waals surface area contributed by atoms with Crippen LogP contribution in [0.15, 0.2) is 36.0 Å². The number of fused-ring (bicyclic) bond motifs is 1. The number of imidazole rings is 1. The van der Waals surface area contributed by atoms with Gasteiger partial charge in [-0.1, -0.05) is 11.6 Å². The highest BCUT2D eigenvalue weighted by atomic mass is 35.5. The van der Waals surface area contributed by atoms with Gasteiger partial charge in [-0.25, -0.2) is 9.97 Å². The van der Waals surface area contributed by atoms with Crippen LogP contribution in [-0.4, -0.2) is 56.3 Å². The van der Waals surface area contributed by atoms with E-state index in [0.717, 1.165) is 4.96 Å². The summed E-state index contributed by atoms with van der Waals surface area (Å²) in [4.78, 5) is 35.7. The maximum Gasteiger partial charge on any atom is 0.287 e. The molecular formula is C17H15ClN6O3S. The number of nitrogens with zero attached hydrogens (tertiary/aromatic N) is 6. The fraction of sp³-hybridized carbons (Fsp3) is 0.235. The molecule has 0 spiro atoms. The lowest BCUT2D eigenvalue weighted by atomic mass is 10.2. The molecule has 3 aromatic heterocycles. The van der Waals surface area contributed by atoms with E-state index in [1.165, 1.54) is 29.7 Å². The minimum absolute atomic E-state index is 0.0408. The Morgan fingerprint density at radius 2 is 2.07 bits per heavy atom. The lowest BCUT2D eigenvalue weighted by molar-refractivity contribution is -0.385. The van der Waals surface area contributed by atoms with Crippen molar-refractivity contribution in [2.24, 2.45) is 0 Å². The lowest BCUT2D eigenvalue weighted by Crippen LogP contribution is -2.48. The average molecular weight is 419 g/mol. The largest absolute Gasteiger partial charge is 0.353 e. The quantitative estimate of drug-likeness (QED) is 0.367. The number of halogens is 1. The smallest absolute Gasteiger partial charge is 0.287 e. The van der Waals surface area contributed by atoms with Gasteiger partial charge < -0.3 is 9.80 Å². The van der Waals surface area contributed by atoms with Crippen molar-refractivity contribution in [1.82, 2.24) is 19.3 Å². The topological polar surface area (TPSA) is 96.9 Å². The van der Waals surface area contributed by atoms with Crippen molar-refractivity contribution >= 4 is 51.4 Å². The summed E-state index contributed by atoms with van der Waals surface area (Å²) in [5.41, 5.74) is 0.640. The van der Waals surface area contributed by atoms with Crippen LogP contribution in [0.3, 0.4) is 0 Å². The number of piperazine rings is 1. The second-order valence-electron chi connectivity index (χ2n) is 6.12. The molecule has 0 atom stereocenters. The number of amides is 1. The first kappa shape index (κ1) is 18.4. The van der Waals surface area contributed by atoms with Crippen LogP contribution in [0.5, 0.6) is 0 Å². The molecule has 1 amide bonds. The summed E-state index contributed by atoms with van der Waals surface area (Å²) in [5.74, 6) is 0.566. The van der Waals surface area contributed by atoms with Crippen molar-refractivity contribution in [3.05, 3.63) is 56.9 Å². The molecule has 0 saturated carbocycles. The molecule has 0 aromatic carbocycles. The van der Waals surface area contributed by atoms with Gasteiger partial charge in [-0.15, -0.1) is 11.3 Å². The Morgan fingerprint density at radius 3 is 2.75 bits per heavy atom. The standard InChI is InChI=1S/C17H15ClN6O3S/c18-16-13(23-9-10-28-17(23)20-16)2-4-15(25)22-7-5-21(6-8-22)14-3-1-12(11-19-14)24(26)27/h1-4,9-11H,5-8H2/b4-2+. The van der Waals surface area contributed by atoms with E-state index in [2.05, 4.69) is 9.97 Å². The first-order chi connectivity index (χ1) is 13.5. The maximum absolute atomic E-state index is 12.5. The normalized spacial score (nSPS) is 14.9. The summed E-state index contributed by atoms with van der Waals surface area (Å²) in [6, 6.07) is 3.06. The van der Waals surface area contributed by atoms with Crippen molar-refractivity contribution < 1.29 is 9.72 Å².